The molecule has 0 aromatic heterocycles. The molecule has 1 saturated heterocycles. The molecule has 1 unspecified atom stereocenters. The minimum atomic E-state index is -0.358. The smallest absolute Gasteiger partial charge is 0.337 e. The van der Waals surface area contributed by atoms with E-state index in [-0.39, 0.29) is 11.9 Å². The Balaban J connectivity index is 2.23. The van der Waals surface area contributed by atoms with Crippen LogP contribution >= 0.6 is 0 Å². The number of nitrogens with zero attached hydrogens (tertiary/aromatic N) is 1. The number of piperidine rings is 1. The monoisotopic (exact) mass is 258 g/mol. The Hall–Kier alpha value is -1.86. The molecule has 4 nitrogen and oxygen atoms in total. The number of benzene rings is 1. The van der Waals surface area contributed by atoms with Crippen LogP contribution in [0.1, 0.15) is 34.7 Å². The Bertz CT molecular complexity index is 487. The number of nitriles is 1. The van der Waals surface area contributed by atoms with E-state index in [0.717, 1.165) is 31.5 Å². The highest BCUT2D eigenvalue weighted by Gasteiger charge is 2.25. The van der Waals surface area contributed by atoms with Crippen molar-refractivity contribution in [3.8, 4) is 6.07 Å². The van der Waals surface area contributed by atoms with Gasteiger partial charge in [0.25, 0.3) is 0 Å². The molecule has 100 valence electrons. The summed E-state index contributed by atoms with van der Waals surface area (Å²) in [7, 11) is 1.36. The van der Waals surface area contributed by atoms with E-state index in [9.17, 15) is 10.1 Å². The number of hydrogen-bond acceptors (Lipinski definition) is 4. The maximum atomic E-state index is 11.5. The first-order valence-corrected chi connectivity index (χ1v) is 6.55. The predicted molar refractivity (Wildman–Crippen MR) is 71.7 cm³/mol. The molecule has 19 heavy (non-hydrogen) atoms. The van der Waals surface area contributed by atoms with Crippen molar-refractivity contribution in [1.82, 2.24) is 5.32 Å². The molecule has 0 spiro atoms. The Morgan fingerprint density at radius 3 is 2.84 bits per heavy atom. The zero-order chi connectivity index (χ0) is 13.7. The number of carbonyl (C=O) groups excluding carboxylic acids is 1. The van der Waals surface area contributed by atoms with Crippen molar-refractivity contribution in [3.05, 3.63) is 35.4 Å². The first kappa shape index (κ1) is 13.6. The molecule has 1 N–H and O–H groups in total. The van der Waals surface area contributed by atoms with Gasteiger partial charge in [-0.2, -0.15) is 5.26 Å². The summed E-state index contributed by atoms with van der Waals surface area (Å²) in [6, 6.07) is 9.62. The maximum Gasteiger partial charge on any atom is 0.337 e. The molecule has 1 aliphatic heterocycles. The fourth-order valence-corrected chi connectivity index (χ4v) is 2.61. The van der Waals surface area contributed by atoms with Gasteiger partial charge in [-0.05, 0) is 49.5 Å². The third kappa shape index (κ3) is 3.12. The van der Waals surface area contributed by atoms with Crippen LogP contribution in [0.4, 0.5) is 0 Å². The molecule has 2 rings (SSSR count). The van der Waals surface area contributed by atoms with Gasteiger partial charge in [0, 0.05) is 0 Å². The highest BCUT2D eigenvalue weighted by molar-refractivity contribution is 5.89. The van der Waals surface area contributed by atoms with Gasteiger partial charge in [0.2, 0.25) is 0 Å². The SMILES string of the molecule is COC(=O)c1cccc(C(C#N)C2CCNCC2)c1. The second-order valence-electron chi connectivity index (χ2n) is 4.81. The predicted octanol–water partition coefficient (Wildman–Crippen LogP) is 2.08. The highest BCUT2D eigenvalue weighted by Crippen LogP contribution is 2.30. The van der Waals surface area contributed by atoms with Crippen LogP contribution in [0.3, 0.4) is 0 Å². The number of ether oxygens (including phenoxy) is 1. The first-order valence-electron chi connectivity index (χ1n) is 6.55. The minimum Gasteiger partial charge on any atom is -0.465 e. The van der Waals surface area contributed by atoms with Crippen molar-refractivity contribution in [3.63, 3.8) is 0 Å². The third-order valence-corrected chi connectivity index (χ3v) is 3.66. The van der Waals surface area contributed by atoms with E-state index < -0.39 is 0 Å². The van der Waals surface area contributed by atoms with Crippen LogP contribution in [0.15, 0.2) is 24.3 Å². The molecule has 1 aromatic carbocycles. The van der Waals surface area contributed by atoms with E-state index in [2.05, 4.69) is 11.4 Å². The Labute approximate surface area is 113 Å². The van der Waals surface area contributed by atoms with Crippen LogP contribution in [0.25, 0.3) is 0 Å². The first-order chi connectivity index (χ1) is 9.26. The molecule has 0 radical (unpaired) electrons. The van der Waals surface area contributed by atoms with Crippen molar-refractivity contribution >= 4 is 5.97 Å². The van der Waals surface area contributed by atoms with Crippen LogP contribution in [0, 0.1) is 17.2 Å². The molecule has 0 aliphatic carbocycles. The number of methoxy groups -OCH3 is 1. The van der Waals surface area contributed by atoms with Gasteiger partial charge < -0.3 is 10.1 Å². The van der Waals surface area contributed by atoms with Crippen LogP contribution < -0.4 is 5.32 Å². The van der Waals surface area contributed by atoms with E-state index in [1.165, 1.54) is 7.11 Å². The average molecular weight is 258 g/mol. The fourth-order valence-electron chi connectivity index (χ4n) is 2.61. The van der Waals surface area contributed by atoms with E-state index in [4.69, 9.17) is 4.74 Å². The molecular weight excluding hydrogens is 240 g/mol. The lowest BCUT2D eigenvalue weighted by atomic mass is 9.81. The molecule has 1 heterocycles. The molecule has 4 heteroatoms. The Morgan fingerprint density at radius 1 is 1.47 bits per heavy atom. The largest absolute Gasteiger partial charge is 0.465 e. The molecule has 1 aromatic rings. The van der Waals surface area contributed by atoms with Crippen molar-refractivity contribution in [2.24, 2.45) is 5.92 Å². The van der Waals surface area contributed by atoms with Crippen molar-refractivity contribution < 1.29 is 9.53 Å². The molecule has 1 aliphatic rings. The van der Waals surface area contributed by atoms with Gasteiger partial charge in [0.15, 0.2) is 0 Å². The summed E-state index contributed by atoms with van der Waals surface area (Å²) in [5.74, 6) is -0.144. The van der Waals surface area contributed by atoms with Crippen LogP contribution in [0.5, 0.6) is 0 Å². The number of rotatable bonds is 3. The zero-order valence-corrected chi connectivity index (χ0v) is 11.1. The summed E-state index contributed by atoms with van der Waals surface area (Å²) in [5.41, 5.74) is 1.42. The summed E-state index contributed by atoms with van der Waals surface area (Å²) in [6.45, 7) is 1.92. The lowest BCUT2D eigenvalue weighted by Crippen LogP contribution is -2.30. The van der Waals surface area contributed by atoms with Crippen LogP contribution in [-0.4, -0.2) is 26.2 Å². The topological polar surface area (TPSA) is 62.1 Å². The minimum absolute atomic E-state index is 0.147. The molecule has 0 bridgehead atoms. The molecule has 1 fully saturated rings. The Kier molecular flexibility index (Phi) is 4.53. The summed E-state index contributed by atoms with van der Waals surface area (Å²) < 4.78 is 4.72. The summed E-state index contributed by atoms with van der Waals surface area (Å²) in [6.07, 6.45) is 2.00. The van der Waals surface area contributed by atoms with Crippen LogP contribution in [0.2, 0.25) is 0 Å². The van der Waals surface area contributed by atoms with Gasteiger partial charge in [-0.3, -0.25) is 0 Å². The number of esters is 1. The van der Waals surface area contributed by atoms with Gasteiger partial charge in [-0.25, -0.2) is 4.79 Å². The molecular formula is C15H18N2O2. The molecule has 1 atom stereocenters. The molecule has 0 amide bonds. The lowest BCUT2D eigenvalue weighted by Gasteiger charge is -2.26. The normalized spacial score (nSPS) is 17.5. The number of hydrogen-bond donors (Lipinski definition) is 1. The van der Waals surface area contributed by atoms with E-state index in [1.54, 1.807) is 12.1 Å². The van der Waals surface area contributed by atoms with Gasteiger partial charge in [0.1, 0.15) is 0 Å². The third-order valence-electron chi connectivity index (χ3n) is 3.66. The second kappa shape index (κ2) is 6.35. The van der Waals surface area contributed by atoms with Crippen molar-refractivity contribution in [1.29, 1.82) is 5.26 Å². The zero-order valence-electron chi connectivity index (χ0n) is 11.1. The van der Waals surface area contributed by atoms with E-state index in [0.29, 0.717) is 11.5 Å². The van der Waals surface area contributed by atoms with Gasteiger partial charge >= 0.3 is 5.97 Å². The lowest BCUT2D eigenvalue weighted by molar-refractivity contribution is 0.0600. The van der Waals surface area contributed by atoms with Crippen molar-refractivity contribution in [2.75, 3.05) is 20.2 Å². The molecule has 0 saturated carbocycles. The van der Waals surface area contributed by atoms with E-state index in [1.807, 2.05) is 12.1 Å². The number of carbonyl (C=O) groups is 1. The standard InChI is InChI=1S/C15H18N2O2/c1-19-15(18)13-4-2-3-12(9-13)14(10-16)11-5-7-17-8-6-11/h2-4,9,11,14,17H,5-8H2,1H3. The quantitative estimate of drug-likeness (QED) is 0.843. The summed E-state index contributed by atoms with van der Waals surface area (Å²) in [5, 5.41) is 12.7. The fraction of sp³-hybridized carbons (Fsp3) is 0.467. The average Bonchev–Trinajstić information content (AvgIpc) is 2.48. The number of nitrogens with one attached hydrogen (secondary N) is 1. The van der Waals surface area contributed by atoms with Crippen LogP contribution in [-0.2, 0) is 4.74 Å². The van der Waals surface area contributed by atoms with Gasteiger partial charge in [-0.1, -0.05) is 12.1 Å². The maximum absolute atomic E-state index is 11.5. The highest BCUT2D eigenvalue weighted by atomic mass is 16.5. The van der Waals surface area contributed by atoms with Gasteiger partial charge in [-0.15, -0.1) is 0 Å². The Morgan fingerprint density at radius 2 is 2.21 bits per heavy atom. The van der Waals surface area contributed by atoms with Gasteiger partial charge in [0.05, 0.1) is 24.7 Å². The van der Waals surface area contributed by atoms with Crippen molar-refractivity contribution in [2.45, 2.75) is 18.8 Å². The van der Waals surface area contributed by atoms with E-state index >= 15 is 0 Å². The summed E-state index contributed by atoms with van der Waals surface area (Å²) >= 11 is 0. The summed E-state index contributed by atoms with van der Waals surface area (Å²) in [4.78, 5) is 11.5. The second-order valence-corrected chi connectivity index (χ2v) is 4.81.